The van der Waals surface area contributed by atoms with Gasteiger partial charge < -0.3 is 14.4 Å². The summed E-state index contributed by atoms with van der Waals surface area (Å²) in [5.74, 6) is 1.33. The van der Waals surface area contributed by atoms with Crippen molar-refractivity contribution >= 4 is 17.2 Å². The van der Waals surface area contributed by atoms with E-state index < -0.39 is 6.10 Å². The largest absolute Gasteiger partial charge is 0.485 e. The third-order valence-electron chi connectivity index (χ3n) is 4.23. The zero-order chi connectivity index (χ0) is 16.4. The van der Waals surface area contributed by atoms with E-state index in [-0.39, 0.29) is 12.5 Å². The summed E-state index contributed by atoms with van der Waals surface area (Å²) in [6.07, 6.45) is -0.561. The molecule has 1 aromatic heterocycles. The zero-order valence-electron chi connectivity index (χ0n) is 13.1. The predicted molar refractivity (Wildman–Crippen MR) is 88.1 cm³/mol. The van der Waals surface area contributed by atoms with Gasteiger partial charge in [0.05, 0.1) is 6.54 Å². The zero-order valence-corrected chi connectivity index (χ0v) is 13.9. The number of ether oxygens (including phenoxy) is 2. The van der Waals surface area contributed by atoms with Crippen molar-refractivity contribution in [3.8, 4) is 11.5 Å². The molecular weight excluding hydrogens is 328 g/mol. The minimum absolute atomic E-state index is 0.0000633. The fraction of sp³-hybridized carbons (Fsp3) is 0.438. The Kier molecular flexibility index (Phi) is 4.31. The van der Waals surface area contributed by atoms with E-state index in [1.54, 1.807) is 16.8 Å². The quantitative estimate of drug-likeness (QED) is 0.827. The van der Waals surface area contributed by atoms with E-state index in [0.29, 0.717) is 24.6 Å². The van der Waals surface area contributed by atoms with E-state index in [2.05, 4.69) is 15.1 Å². The topological polar surface area (TPSA) is 67.8 Å². The molecule has 0 bridgehead atoms. The van der Waals surface area contributed by atoms with Crippen LogP contribution in [0.3, 0.4) is 0 Å². The van der Waals surface area contributed by atoms with Crippen molar-refractivity contribution < 1.29 is 14.3 Å². The summed E-state index contributed by atoms with van der Waals surface area (Å²) in [5, 5.41) is 8.94. The van der Waals surface area contributed by atoms with E-state index in [4.69, 9.17) is 9.47 Å². The number of carbonyl (C=O) groups is 1. The smallest absolute Gasteiger partial charge is 0.267 e. The van der Waals surface area contributed by atoms with Crippen LogP contribution in [-0.2, 0) is 11.3 Å². The first-order valence-corrected chi connectivity index (χ1v) is 8.82. The lowest BCUT2D eigenvalue weighted by Crippen LogP contribution is -2.53. The van der Waals surface area contributed by atoms with Crippen LogP contribution >= 0.6 is 11.3 Å². The molecule has 1 fully saturated rings. The van der Waals surface area contributed by atoms with Crippen LogP contribution in [0.5, 0.6) is 11.5 Å². The number of nitrogens with zero attached hydrogens (tertiary/aromatic N) is 4. The van der Waals surface area contributed by atoms with Gasteiger partial charge in [-0.2, -0.15) is 0 Å². The Labute approximate surface area is 143 Å². The number of benzene rings is 1. The number of amides is 1. The Morgan fingerprint density at radius 3 is 2.75 bits per heavy atom. The van der Waals surface area contributed by atoms with Gasteiger partial charge in [0.15, 0.2) is 11.5 Å². The van der Waals surface area contributed by atoms with Gasteiger partial charge in [0.2, 0.25) is 6.10 Å². The first-order chi connectivity index (χ1) is 11.8. The lowest BCUT2D eigenvalue weighted by molar-refractivity contribution is -0.143. The Morgan fingerprint density at radius 2 is 2.00 bits per heavy atom. The number of para-hydroxylation sites is 2. The molecule has 0 radical (unpaired) electrons. The molecule has 1 aromatic carbocycles. The molecule has 1 amide bonds. The van der Waals surface area contributed by atoms with Gasteiger partial charge in [-0.1, -0.05) is 12.1 Å². The number of carbonyl (C=O) groups excluding carboxylic acids is 1. The van der Waals surface area contributed by atoms with Crippen LogP contribution in [0.1, 0.15) is 5.01 Å². The standard InChI is InChI=1S/C16H18N4O3S/c21-16(14-10-22-12-3-1-2-4-13(12)23-14)20-7-5-19(6-8-20)9-15-18-17-11-24-15/h1-4,11,14H,5-10H2. The number of hydrogen-bond donors (Lipinski definition) is 0. The van der Waals surface area contributed by atoms with Crippen molar-refractivity contribution in [2.24, 2.45) is 0 Å². The number of fused-ring (bicyclic) bond motifs is 1. The van der Waals surface area contributed by atoms with Crippen molar-refractivity contribution in [3.05, 3.63) is 34.8 Å². The maximum Gasteiger partial charge on any atom is 0.267 e. The molecule has 2 aliphatic heterocycles. The molecule has 0 saturated carbocycles. The van der Waals surface area contributed by atoms with Crippen molar-refractivity contribution in [1.82, 2.24) is 20.0 Å². The lowest BCUT2D eigenvalue weighted by Gasteiger charge is -2.36. The Hall–Kier alpha value is -2.19. The monoisotopic (exact) mass is 346 g/mol. The second-order valence-corrected chi connectivity index (χ2v) is 6.72. The minimum atomic E-state index is -0.561. The molecule has 2 aromatic rings. The average molecular weight is 346 g/mol. The first kappa shape index (κ1) is 15.3. The summed E-state index contributed by atoms with van der Waals surface area (Å²) in [5.41, 5.74) is 1.74. The highest BCUT2D eigenvalue weighted by Gasteiger charge is 2.32. The van der Waals surface area contributed by atoms with E-state index in [1.165, 1.54) is 0 Å². The summed E-state index contributed by atoms with van der Waals surface area (Å²) >= 11 is 1.56. The maximum absolute atomic E-state index is 12.7. The third-order valence-corrected chi connectivity index (χ3v) is 4.91. The molecular formula is C16H18N4O3S. The van der Waals surface area contributed by atoms with Gasteiger partial charge in [0.25, 0.3) is 5.91 Å². The first-order valence-electron chi connectivity index (χ1n) is 7.94. The molecule has 4 rings (SSSR count). The lowest BCUT2D eigenvalue weighted by atomic mass is 10.2. The van der Waals surface area contributed by atoms with Crippen molar-refractivity contribution in [2.45, 2.75) is 12.6 Å². The summed E-state index contributed by atoms with van der Waals surface area (Å²) in [4.78, 5) is 16.8. The van der Waals surface area contributed by atoms with Crippen LogP contribution in [0.2, 0.25) is 0 Å². The van der Waals surface area contributed by atoms with Gasteiger partial charge >= 0.3 is 0 Å². The molecule has 2 aliphatic rings. The number of piperazine rings is 1. The summed E-state index contributed by atoms with van der Waals surface area (Å²) < 4.78 is 11.5. The highest BCUT2D eigenvalue weighted by atomic mass is 32.1. The van der Waals surface area contributed by atoms with Crippen molar-refractivity contribution in [1.29, 1.82) is 0 Å². The number of hydrogen-bond acceptors (Lipinski definition) is 7. The van der Waals surface area contributed by atoms with E-state index in [9.17, 15) is 4.79 Å². The van der Waals surface area contributed by atoms with Crippen LogP contribution in [-0.4, -0.2) is 64.8 Å². The van der Waals surface area contributed by atoms with Gasteiger partial charge in [0.1, 0.15) is 17.1 Å². The second kappa shape index (κ2) is 6.74. The van der Waals surface area contributed by atoms with Gasteiger partial charge in [-0.05, 0) is 12.1 Å². The van der Waals surface area contributed by atoms with E-state index in [0.717, 1.165) is 24.6 Å². The van der Waals surface area contributed by atoms with Gasteiger partial charge in [-0.3, -0.25) is 9.69 Å². The Bertz CT molecular complexity index is 701. The van der Waals surface area contributed by atoms with Crippen LogP contribution in [0, 0.1) is 0 Å². The molecule has 1 saturated heterocycles. The number of aromatic nitrogens is 2. The molecule has 126 valence electrons. The molecule has 3 heterocycles. The molecule has 8 heteroatoms. The average Bonchev–Trinajstić information content (AvgIpc) is 3.14. The summed E-state index contributed by atoms with van der Waals surface area (Å²) in [7, 11) is 0. The van der Waals surface area contributed by atoms with Crippen molar-refractivity contribution in [3.63, 3.8) is 0 Å². The van der Waals surface area contributed by atoms with Crippen LogP contribution in [0.25, 0.3) is 0 Å². The third kappa shape index (κ3) is 3.20. The van der Waals surface area contributed by atoms with Crippen LogP contribution < -0.4 is 9.47 Å². The van der Waals surface area contributed by atoms with Gasteiger partial charge in [-0.15, -0.1) is 21.5 Å². The van der Waals surface area contributed by atoms with Crippen LogP contribution in [0.15, 0.2) is 29.8 Å². The second-order valence-electron chi connectivity index (χ2n) is 5.80. The van der Waals surface area contributed by atoms with Crippen molar-refractivity contribution in [2.75, 3.05) is 32.8 Å². The number of rotatable bonds is 3. The molecule has 0 spiro atoms. The van der Waals surface area contributed by atoms with Crippen LogP contribution in [0.4, 0.5) is 0 Å². The highest BCUT2D eigenvalue weighted by molar-refractivity contribution is 7.09. The summed E-state index contributed by atoms with van der Waals surface area (Å²) in [6, 6.07) is 7.44. The minimum Gasteiger partial charge on any atom is -0.485 e. The van der Waals surface area contributed by atoms with E-state index in [1.807, 2.05) is 29.2 Å². The fourth-order valence-corrected chi connectivity index (χ4v) is 3.49. The molecule has 24 heavy (non-hydrogen) atoms. The normalized spacial score (nSPS) is 20.8. The SMILES string of the molecule is O=C(C1COc2ccccc2O1)N1CCN(Cc2nncs2)CC1. The van der Waals surface area contributed by atoms with E-state index >= 15 is 0 Å². The Morgan fingerprint density at radius 1 is 1.21 bits per heavy atom. The molecule has 0 N–H and O–H groups in total. The Balaban J connectivity index is 1.32. The predicted octanol–water partition coefficient (Wildman–Crippen LogP) is 1.02. The van der Waals surface area contributed by atoms with Gasteiger partial charge in [0, 0.05) is 26.2 Å². The molecule has 1 unspecified atom stereocenters. The summed E-state index contributed by atoms with van der Waals surface area (Å²) in [6.45, 7) is 4.10. The highest BCUT2D eigenvalue weighted by Crippen LogP contribution is 2.31. The maximum atomic E-state index is 12.7. The van der Waals surface area contributed by atoms with Gasteiger partial charge in [-0.25, -0.2) is 0 Å². The fourth-order valence-electron chi connectivity index (χ4n) is 2.93. The molecule has 7 nitrogen and oxygen atoms in total. The molecule has 1 atom stereocenters. The molecule has 0 aliphatic carbocycles.